The number of anilines is 1. The highest BCUT2D eigenvalue weighted by Gasteiger charge is 2.20. The van der Waals surface area contributed by atoms with Crippen molar-refractivity contribution in [2.45, 2.75) is 45.6 Å². The van der Waals surface area contributed by atoms with Gasteiger partial charge in [-0.1, -0.05) is 12.8 Å². The van der Waals surface area contributed by atoms with Gasteiger partial charge in [0.2, 0.25) is 0 Å². The van der Waals surface area contributed by atoms with Gasteiger partial charge in [-0.25, -0.2) is 4.98 Å². The molecular weight excluding hydrogens is 220 g/mol. The maximum atomic E-state index is 11.2. The molecule has 2 heterocycles. The summed E-state index contributed by atoms with van der Waals surface area (Å²) in [5.74, 6) is 0.0602. The Morgan fingerprint density at radius 3 is 3.00 bits per heavy atom. The van der Waals surface area contributed by atoms with Gasteiger partial charge in [-0.3, -0.25) is 4.79 Å². The summed E-state index contributed by atoms with van der Waals surface area (Å²) >= 11 is 1.59. The summed E-state index contributed by atoms with van der Waals surface area (Å²) in [4.78, 5) is 18.0. The van der Waals surface area contributed by atoms with Crippen LogP contribution in [0.25, 0.3) is 0 Å². The fraction of sp³-hybridized carbons (Fsp3) is 0.667. The highest BCUT2D eigenvalue weighted by molar-refractivity contribution is 7.13. The summed E-state index contributed by atoms with van der Waals surface area (Å²) in [6.07, 6.45) is 5.09. The highest BCUT2D eigenvalue weighted by Crippen LogP contribution is 2.27. The zero-order valence-corrected chi connectivity index (χ0v) is 10.7. The third-order valence-electron chi connectivity index (χ3n) is 3.15. The van der Waals surface area contributed by atoms with E-state index < -0.39 is 0 Å². The van der Waals surface area contributed by atoms with Crippen molar-refractivity contribution >= 4 is 22.3 Å². The lowest BCUT2D eigenvalue weighted by Crippen LogP contribution is -2.32. The SMILES string of the molecule is CC(=O)c1csc(N2CCCCCC2C)n1. The van der Waals surface area contributed by atoms with Crippen LogP contribution >= 0.6 is 11.3 Å². The molecule has 1 unspecified atom stereocenters. The molecular formula is C12H18N2OS. The number of Topliss-reactive ketones (excluding diaryl/α,β-unsaturated/α-hetero) is 1. The molecule has 88 valence electrons. The number of hydrogen-bond donors (Lipinski definition) is 0. The monoisotopic (exact) mass is 238 g/mol. The predicted octanol–water partition coefficient (Wildman–Crippen LogP) is 3.11. The lowest BCUT2D eigenvalue weighted by molar-refractivity contribution is 0.101. The maximum absolute atomic E-state index is 11.2. The topological polar surface area (TPSA) is 33.2 Å². The van der Waals surface area contributed by atoms with Crippen molar-refractivity contribution in [2.24, 2.45) is 0 Å². The van der Waals surface area contributed by atoms with Gasteiger partial charge in [0.1, 0.15) is 5.69 Å². The Hall–Kier alpha value is -0.900. The second-order valence-electron chi connectivity index (χ2n) is 4.46. The lowest BCUT2D eigenvalue weighted by Gasteiger charge is -2.26. The zero-order valence-electron chi connectivity index (χ0n) is 9.90. The van der Waals surface area contributed by atoms with Gasteiger partial charge in [0.05, 0.1) is 0 Å². The molecule has 1 aliphatic heterocycles. The number of aromatic nitrogens is 1. The van der Waals surface area contributed by atoms with Crippen LogP contribution in [0.15, 0.2) is 5.38 Å². The van der Waals surface area contributed by atoms with E-state index in [0.717, 1.165) is 11.7 Å². The quantitative estimate of drug-likeness (QED) is 0.742. The molecule has 1 atom stereocenters. The van der Waals surface area contributed by atoms with Crippen LogP contribution < -0.4 is 4.90 Å². The molecule has 1 aromatic heterocycles. The fourth-order valence-corrected chi connectivity index (χ4v) is 3.11. The molecule has 1 aliphatic rings. The van der Waals surface area contributed by atoms with E-state index in [4.69, 9.17) is 0 Å². The summed E-state index contributed by atoms with van der Waals surface area (Å²) in [6.45, 7) is 4.90. The number of nitrogens with zero attached hydrogens (tertiary/aromatic N) is 2. The Kier molecular flexibility index (Phi) is 3.59. The Bertz CT molecular complexity index is 375. The van der Waals surface area contributed by atoms with Crippen LogP contribution in [0.3, 0.4) is 0 Å². The van der Waals surface area contributed by atoms with Gasteiger partial charge in [-0.15, -0.1) is 11.3 Å². The number of rotatable bonds is 2. The second-order valence-corrected chi connectivity index (χ2v) is 5.30. The molecule has 3 nitrogen and oxygen atoms in total. The third-order valence-corrected chi connectivity index (χ3v) is 4.03. The standard InChI is InChI=1S/C12H18N2OS/c1-9-6-4-3-5-7-14(9)12-13-11(8-16-12)10(2)15/h8-9H,3-7H2,1-2H3. The molecule has 0 aliphatic carbocycles. The van der Waals surface area contributed by atoms with Crippen LogP contribution in [0.1, 0.15) is 50.0 Å². The van der Waals surface area contributed by atoms with Crippen LogP contribution in [-0.2, 0) is 0 Å². The first-order valence-corrected chi connectivity index (χ1v) is 6.79. The van der Waals surface area contributed by atoms with E-state index in [1.165, 1.54) is 25.7 Å². The van der Waals surface area contributed by atoms with E-state index in [9.17, 15) is 4.79 Å². The van der Waals surface area contributed by atoms with E-state index in [0.29, 0.717) is 11.7 Å². The third kappa shape index (κ3) is 2.43. The minimum Gasteiger partial charge on any atom is -0.345 e. The lowest BCUT2D eigenvalue weighted by atomic mass is 10.1. The fourth-order valence-electron chi connectivity index (χ4n) is 2.12. The molecule has 0 radical (unpaired) electrons. The molecule has 0 aromatic carbocycles. The van der Waals surface area contributed by atoms with Crippen LogP contribution in [0, 0.1) is 0 Å². The molecule has 0 amide bonds. The van der Waals surface area contributed by atoms with Crippen LogP contribution in [0.5, 0.6) is 0 Å². The number of carbonyl (C=O) groups excluding carboxylic acids is 1. The first-order valence-electron chi connectivity index (χ1n) is 5.91. The molecule has 16 heavy (non-hydrogen) atoms. The zero-order chi connectivity index (χ0) is 11.5. The Morgan fingerprint density at radius 1 is 1.50 bits per heavy atom. The molecule has 1 aromatic rings. The van der Waals surface area contributed by atoms with Gasteiger partial charge < -0.3 is 4.90 Å². The van der Waals surface area contributed by atoms with Crippen molar-refractivity contribution in [3.63, 3.8) is 0 Å². The first kappa shape index (κ1) is 11.6. The molecule has 0 spiro atoms. The minimum absolute atomic E-state index is 0.0602. The van der Waals surface area contributed by atoms with Crippen molar-refractivity contribution < 1.29 is 4.79 Å². The van der Waals surface area contributed by atoms with Crippen molar-refractivity contribution in [2.75, 3.05) is 11.4 Å². The largest absolute Gasteiger partial charge is 0.345 e. The molecule has 0 N–H and O–H groups in total. The number of thiazole rings is 1. The average molecular weight is 238 g/mol. The van der Waals surface area contributed by atoms with Gasteiger partial charge in [-0.2, -0.15) is 0 Å². The Morgan fingerprint density at radius 2 is 2.31 bits per heavy atom. The summed E-state index contributed by atoms with van der Waals surface area (Å²) in [7, 11) is 0. The second kappa shape index (κ2) is 4.95. The molecule has 0 bridgehead atoms. The summed E-state index contributed by atoms with van der Waals surface area (Å²) in [6, 6.07) is 0.549. The molecule has 4 heteroatoms. The first-order chi connectivity index (χ1) is 7.68. The van der Waals surface area contributed by atoms with E-state index in [1.54, 1.807) is 18.3 Å². The van der Waals surface area contributed by atoms with E-state index in [-0.39, 0.29) is 5.78 Å². The minimum atomic E-state index is 0.0602. The summed E-state index contributed by atoms with van der Waals surface area (Å²) in [5, 5.41) is 2.88. The van der Waals surface area contributed by atoms with Crippen LogP contribution in [-0.4, -0.2) is 23.4 Å². The Labute approximate surface area is 100 Å². The molecule has 2 rings (SSSR count). The van der Waals surface area contributed by atoms with Crippen LogP contribution in [0.4, 0.5) is 5.13 Å². The van der Waals surface area contributed by atoms with E-state index in [1.807, 2.05) is 5.38 Å². The summed E-state index contributed by atoms with van der Waals surface area (Å²) < 4.78 is 0. The highest BCUT2D eigenvalue weighted by atomic mass is 32.1. The van der Waals surface area contributed by atoms with Gasteiger partial charge in [0, 0.05) is 24.9 Å². The summed E-state index contributed by atoms with van der Waals surface area (Å²) in [5.41, 5.74) is 0.608. The molecule has 1 saturated heterocycles. The van der Waals surface area contributed by atoms with Gasteiger partial charge in [0.25, 0.3) is 0 Å². The number of carbonyl (C=O) groups is 1. The number of ketones is 1. The normalized spacial score (nSPS) is 21.9. The maximum Gasteiger partial charge on any atom is 0.186 e. The molecule has 0 saturated carbocycles. The number of hydrogen-bond acceptors (Lipinski definition) is 4. The van der Waals surface area contributed by atoms with Crippen LogP contribution in [0.2, 0.25) is 0 Å². The van der Waals surface area contributed by atoms with E-state index in [2.05, 4.69) is 16.8 Å². The van der Waals surface area contributed by atoms with Crippen molar-refractivity contribution in [1.29, 1.82) is 0 Å². The Balaban J connectivity index is 2.17. The van der Waals surface area contributed by atoms with Crippen molar-refractivity contribution in [1.82, 2.24) is 4.98 Å². The van der Waals surface area contributed by atoms with Gasteiger partial charge in [0.15, 0.2) is 10.9 Å². The van der Waals surface area contributed by atoms with Crippen molar-refractivity contribution in [3.05, 3.63) is 11.1 Å². The predicted molar refractivity (Wildman–Crippen MR) is 67.4 cm³/mol. The van der Waals surface area contributed by atoms with Crippen molar-refractivity contribution in [3.8, 4) is 0 Å². The van der Waals surface area contributed by atoms with Gasteiger partial charge >= 0.3 is 0 Å². The molecule has 1 fully saturated rings. The van der Waals surface area contributed by atoms with Gasteiger partial charge in [-0.05, 0) is 19.8 Å². The average Bonchev–Trinajstić information content (AvgIpc) is 2.63. The van der Waals surface area contributed by atoms with E-state index >= 15 is 0 Å². The smallest absolute Gasteiger partial charge is 0.186 e.